The molecule has 0 aromatic heterocycles. The molecule has 8 heteroatoms. The highest BCUT2D eigenvalue weighted by atomic mass is 16.6. The van der Waals surface area contributed by atoms with Crippen molar-refractivity contribution in [1.29, 1.82) is 0 Å². The Hall–Kier alpha value is -1.93. The second kappa shape index (κ2) is 9.51. The van der Waals surface area contributed by atoms with Crippen molar-refractivity contribution in [3.63, 3.8) is 0 Å². The van der Waals surface area contributed by atoms with Crippen LogP contribution >= 0.6 is 0 Å². The minimum absolute atomic E-state index is 0.134. The lowest BCUT2D eigenvalue weighted by Crippen LogP contribution is -2.57. The summed E-state index contributed by atoms with van der Waals surface area (Å²) in [5, 5.41) is 3.21. The molecule has 3 fully saturated rings. The highest BCUT2D eigenvalue weighted by molar-refractivity contribution is 5.99. The number of nitrogens with one attached hydrogen (secondary N) is 1. The van der Waals surface area contributed by atoms with Crippen molar-refractivity contribution in [3.05, 3.63) is 12.2 Å². The number of likely N-dealkylation sites (tertiary alicyclic amines) is 1. The number of fused-ring (bicyclic) bond motifs is 1. The molecule has 1 spiro atoms. The monoisotopic (exact) mass is 447 g/mol. The van der Waals surface area contributed by atoms with E-state index in [9.17, 15) is 14.4 Å². The minimum Gasteiger partial charge on any atom is -0.466 e. The first-order valence-electron chi connectivity index (χ1n) is 12.3. The molecule has 2 amide bonds. The number of amides is 2. The fourth-order valence-corrected chi connectivity index (χ4v) is 6.03. The molecule has 5 unspecified atom stereocenters. The van der Waals surface area contributed by atoms with Crippen molar-refractivity contribution >= 4 is 17.8 Å². The van der Waals surface area contributed by atoms with Crippen molar-refractivity contribution in [3.8, 4) is 0 Å². The molecule has 2 saturated heterocycles. The van der Waals surface area contributed by atoms with E-state index < -0.39 is 35.6 Å². The summed E-state index contributed by atoms with van der Waals surface area (Å²) < 4.78 is 11.6. The van der Waals surface area contributed by atoms with Crippen LogP contribution in [0.4, 0.5) is 0 Å². The first-order valence-corrected chi connectivity index (χ1v) is 12.3. The van der Waals surface area contributed by atoms with Gasteiger partial charge in [-0.15, -0.1) is 0 Å². The number of carbonyl (C=O) groups excluding carboxylic acids is 3. The summed E-state index contributed by atoms with van der Waals surface area (Å²) in [6.07, 6.45) is 8.52. The first kappa shape index (κ1) is 23.2. The molecule has 3 heterocycles. The number of nitrogens with zero attached hydrogens (tertiary/aromatic N) is 2. The number of carbonyl (C=O) groups is 3. The Labute approximate surface area is 190 Å². The first-order chi connectivity index (χ1) is 15.5. The van der Waals surface area contributed by atoms with Gasteiger partial charge in [-0.1, -0.05) is 45.3 Å². The van der Waals surface area contributed by atoms with Gasteiger partial charge < -0.3 is 24.6 Å². The van der Waals surface area contributed by atoms with Crippen LogP contribution in [0, 0.1) is 11.8 Å². The van der Waals surface area contributed by atoms with E-state index in [2.05, 4.69) is 24.1 Å². The Morgan fingerprint density at radius 3 is 2.59 bits per heavy atom. The van der Waals surface area contributed by atoms with Gasteiger partial charge in [-0.2, -0.15) is 0 Å². The Morgan fingerprint density at radius 1 is 1.22 bits per heavy atom. The van der Waals surface area contributed by atoms with Gasteiger partial charge in [0.25, 0.3) is 0 Å². The average molecular weight is 448 g/mol. The summed E-state index contributed by atoms with van der Waals surface area (Å²) in [4.78, 5) is 44.0. The van der Waals surface area contributed by atoms with E-state index in [-0.39, 0.29) is 24.5 Å². The Kier molecular flexibility index (Phi) is 6.91. The Morgan fingerprint density at radius 2 is 1.94 bits per heavy atom. The Balaban J connectivity index is 1.62. The zero-order chi connectivity index (χ0) is 22.9. The van der Waals surface area contributed by atoms with Crippen molar-refractivity contribution in [2.45, 2.75) is 76.7 Å². The number of hydrogen-bond donors (Lipinski definition) is 1. The van der Waals surface area contributed by atoms with E-state index >= 15 is 0 Å². The highest BCUT2D eigenvalue weighted by Crippen LogP contribution is 2.55. The number of ether oxygens (including phenoxy) is 2. The molecule has 2 bridgehead atoms. The topological polar surface area (TPSA) is 88.2 Å². The number of rotatable bonds is 9. The standard InChI is InChI=1S/C24H37N3O5/c1-4-26(5-2)14-15-27-20(21(28)25-16-10-8-7-9-11-16)24-13-12-17(32-24)18(19(24)22(27)29)23(30)31-6-3/h12-13,16-20H,4-11,14-15H2,1-3H3,(H,25,28). The molecule has 1 aliphatic carbocycles. The quantitative estimate of drug-likeness (QED) is 0.426. The van der Waals surface area contributed by atoms with Crippen LogP contribution in [0.1, 0.15) is 52.9 Å². The van der Waals surface area contributed by atoms with Crippen LogP contribution in [0.3, 0.4) is 0 Å². The van der Waals surface area contributed by atoms with Gasteiger partial charge in [-0.25, -0.2) is 0 Å². The molecule has 178 valence electrons. The summed E-state index contributed by atoms with van der Waals surface area (Å²) in [7, 11) is 0. The van der Waals surface area contributed by atoms with Crippen molar-refractivity contribution in [2.75, 3.05) is 32.8 Å². The van der Waals surface area contributed by atoms with Crippen LogP contribution in [0.2, 0.25) is 0 Å². The predicted octanol–water partition coefficient (Wildman–Crippen LogP) is 1.49. The maximum Gasteiger partial charge on any atom is 0.312 e. The third-order valence-corrected chi connectivity index (χ3v) is 7.68. The molecule has 8 nitrogen and oxygen atoms in total. The van der Waals surface area contributed by atoms with E-state index in [1.165, 1.54) is 6.42 Å². The summed E-state index contributed by atoms with van der Waals surface area (Å²) >= 11 is 0. The lowest BCUT2D eigenvalue weighted by atomic mass is 9.74. The van der Waals surface area contributed by atoms with Gasteiger partial charge in [0.05, 0.1) is 18.6 Å². The van der Waals surface area contributed by atoms with E-state index in [4.69, 9.17) is 9.47 Å². The number of esters is 1. The maximum atomic E-state index is 13.7. The fourth-order valence-electron chi connectivity index (χ4n) is 6.03. The molecule has 32 heavy (non-hydrogen) atoms. The fraction of sp³-hybridized carbons (Fsp3) is 0.792. The molecule has 1 N–H and O–H groups in total. The van der Waals surface area contributed by atoms with E-state index in [0.717, 1.165) is 38.8 Å². The molecular weight excluding hydrogens is 410 g/mol. The second-order valence-corrected chi connectivity index (χ2v) is 9.36. The lowest BCUT2D eigenvalue weighted by Gasteiger charge is -2.34. The van der Waals surface area contributed by atoms with Crippen molar-refractivity contribution in [2.24, 2.45) is 11.8 Å². The average Bonchev–Trinajstić information content (AvgIpc) is 3.43. The molecule has 5 atom stereocenters. The summed E-state index contributed by atoms with van der Waals surface area (Å²) in [5.74, 6) is -2.17. The van der Waals surface area contributed by atoms with Crippen LogP contribution in [-0.2, 0) is 23.9 Å². The lowest BCUT2D eigenvalue weighted by molar-refractivity contribution is -0.153. The molecule has 4 rings (SSSR count). The summed E-state index contributed by atoms with van der Waals surface area (Å²) in [5.41, 5.74) is -1.10. The third-order valence-electron chi connectivity index (χ3n) is 7.68. The van der Waals surface area contributed by atoms with Gasteiger partial charge >= 0.3 is 5.97 Å². The summed E-state index contributed by atoms with van der Waals surface area (Å²) in [6, 6.07) is -0.631. The van der Waals surface area contributed by atoms with Crippen LogP contribution in [0.15, 0.2) is 12.2 Å². The smallest absolute Gasteiger partial charge is 0.312 e. The highest BCUT2D eigenvalue weighted by Gasteiger charge is 2.73. The van der Waals surface area contributed by atoms with Gasteiger partial charge in [0.1, 0.15) is 17.6 Å². The van der Waals surface area contributed by atoms with E-state index in [0.29, 0.717) is 13.1 Å². The van der Waals surface area contributed by atoms with Gasteiger partial charge in [0, 0.05) is 19.1 Å². The number of likely N-dealkylation sites (N-methyl/N-ethyl adjacent to an activating group) is 1. The molecule has 0 aromatic rings. The molecule has 0 radical (unpaired) electrons. The third kappa shape index (κ3) is 3.85. The van der Waals surface area contributed by atoms with Crippen molar-refractivity contribution in [1.82, 2.24) is 15.1 Å². The van der Waals surface area contributed by atoms with Crippen LogP contribution < -0.4 is 5.32 Å². The summed E-state index contributed by atoms with van der Waals surface area (Å²) in [6.45, 7) is 9.01. The molecule has 1 saturated carbocycles. The normalized spacial score (nSPS) is 33.8. The Bertz CT molecular complexity index is 761. The van der Waals surface area contributed by atoms with E-state index in [1.54, 1.807) is 11.8 Å². The minimum atomic E-state index is -1.10. The van der Waals surface area contributed by atoms with Crippen LogP contribution in [-0.4, -0.2) is 84.2 Å². The SMILES string of the molecule is CCOC(=O)C1C2C=CC3(O2)C1C(=O)N(CCN(CC)CC)C3C(=O)NC1CCCCC1. The van der Waals surface area contributed by atoms with Crippen molar-refractivity contribution < 1.29 is 23.9 Å². The molecule has 3 aliphatic heterocycles. The van der Waals surface area contributed by atoms with Gasteiger partial charge in [0.15, 0.2) is 0 Å². The van der Waals surface area contributed by atoms with Gasteiger partial charge in [0.2, 0.25) is 11.8 Å². The van der Waals surface area contributed by atoms with Crippen LogP contribution in [0.25, 0.3) is 0 Å². The van der Waals surface area contributed by atoms with E-state index in [1.807, 2.05) is 12.2 Å². The largest absolute Gasteiger partial charge is 0.466 e. The zero-order valence-electron chi connectivity index (χ0n) is 19.5. The van der Waals surface area contributed by atoms with Crippen LogP contribution in [0.5, 0.6) is 0 Å². The van der Waals surface area contributed by atoms with Gasteiger partial charge in [-0.3, -0.25) is 14.4 Å². The number of hydrogen-bond acceptors (Lipinski definition) is 6. The second-order valence-electron chi connectivity index (χ2n) is 9.36. The predicted molar refractivity (Wildman–Crippen MR) is 119 cm³/mol. The zero-order valence-corrected chi connectivity index (χ0v) is 19.5. The molecular formula is C24H37N3O5. The van der Waals surface area contributed by atoms with Gasteiger partial charge in [-0.05, 0) is 32.9 Å². The molecule has 4 aliphatic rings. The molecule has 0 aromatic carbocycles. The maximum absolute atomic E-state index is 13.7.